The van der Waals surface area contributed by atoms with Crippen LogP contribution >= 0.6 is 0 Å². The molecule has 22 heavy (non-hydrogen) atoms. The lowest BCUT2D eigenvalue weighted by molar-refractivity contribution is -0.153. The van der Waals surface area contributed by atoms with Gasteiger partial charge in [-0.25, -0.2) is 9.97 Å². The molecule has 2 N–H and O–H groups in total. The third kappa shape index (κ3) is 3.20. The lowest BCUT2D eigenvalue weighted by Crippen LogP contribution is -2.56. The molecule has 2 aliphatic heterocycles. The molecule has 3 rings (SSSR count). The number of anilines is 1. The molecule has 0 spiro atoms. The molecule has 0 radical (unpaired) electrons. The summed E-state index contributed by atoms with van der Waals surface area (Å²) in [5.41, 5.74) is 5.49. The fourth-order valence-corrected chi connectivity index (χ4v) is 3.01. The number of nitrogens with zero attached hydrogens (tertiary/aromatic N) is 4. The summed E-state index contributed by atoms with van der Waals surface area (Å²) in [6.07, 6.45) is 4.21. The topological polar surface area (TPSA) is 84.6 Å². The average molecular weight is 305 g/mol. The molecule has 0 aromatic carbocycles. The lowest BCUT2D eigenvalue weighted by Gasteiger charge is -2.38. The molecule has 1 aromatic heterocycles. The largest absolute Gasteiger partial charge is 0.367 e. The lowest BCUT2D eigenvalue weighted by atomic mass is 10.0. The van der Waals surface area contributed by atoms with Gasteiger partial charge in [-0.15, -0.1) is 0 Å². The first-order chi connectivity index (χ1) is 10.6. The Morgan fingerprint density at radius 1 is 1.41 bits per heavy atom. The number of ether oxygens (including phenoxy) is 1. The van der Waals surface area contributed by atoms with Gasteiger partial charge in [0.2, 0.25) is 5.95 Å². The standard InChI is InChI=1S/C15H23N5O2/c1-15(13(16)21)11-19(8-9-22-15)10-12-4-5-17-14(18-12)20-6-2-3-7-20/h4-5H,2-3,6-11H2,1H3,(H2,16,21)/t15-/m1/s1. The molecule has 2 aliphatic rings. The maximum Gasteiger partial charge on any atom is 0.250 e. The minimum atomic E-state index is -0.914. The second kappa shape index (κ2) is 6.18. The van der Waals surface area contributed by atoms with Gasteiger partial charge in [0.25, 0.3) is 5.91 Å². The normalized spacial score (nSPS) is 26.3. The summed E-state index contributed by atoms with van der Waals surface area (Å²) in [6.45, 7) is 6.25. The number of hydrogen-bond acceptors (Lipinski definition) is 6. The van der Waals surface area contributed by atoms with Crippen molar-refractivity contribution in [3.05, 3.63) is 18.0 Å². The number of carbonyl (C=O) groups is 1. The summed E-state index contributed by atoms with van der Waals surface area (Å²) >= 11 is 0. The Balaban J connectivity index is 1.67. The van der Waals surface area contributed by atoms with Gasteiger partial charge in [-0.3, -0.25) is 9.69 Å². The quantitative estimate of drug-likeness (QED) is 0.852. The van der Waals surface area contributed by atoms with Crippen molar-refractivity contribution in [1.29, 1.82) is 0 Å². The molecule has 3 heterocycles. The highest BCUT2D eigenvalue weighted by atomic mass is 16.5. The number of nitrogens with two attached hydrogens (primary N) is 1. The van der Waals surface area contributed by atoms with Gasteiger partial charge in [-0.05, 0) is 25.8 Å². The summed E-state index contributed by atoms with van der Waals surface area (Å²) < 4.78 is 5.54. The Kier molecular flexibility index (Phi) is 4.26. The molecule has 7 heteroatoms. The molecule has 0 bridgehead atoms. The van der Waals surface area contributed by atoms with E-state index in [2.05, 4.69) is 19.8 Å². The van der Waals surface area contributed by atoms with Gasteiger partial charge in [0.15, 0.2) is 5.60 Å². The Labute approximate surface area is 130 Å². The molecule has 2 fully saturated rings. The van der Waals surface area contributed by atoms with Crippen molar-refractivity contribution in [2.75, 3.05) is 37.7 Å². The average Bonchev–Trinajstić information content (AvgIpc) is 3.02. The fraction of sp³-hybridized carbons (Fsp3) is 0.667. The minimum absolute atomic E-state index is 0.419. The van der Waals surface area contributed by atoms with Gasteiger partial charge in [-0.2, -0.15) is 0 Å². The second-order valence-corrected chi connectivity index (χ2v) is 6.20. The first-order valence-electron chi connectivity index (χ1n) is 7.80. The maximum atomic E-state index is 11.5. The zero-order valence-electron chi connectivity index (χ0n) is 13.0. The number of primary amides is 1. The van der Waals surface area contributed by atoms with Crippen LogP contribution in [0.2, 0.25) is 0 Å². The zero-order chi connectivity index (χ0) is 15.6. The van der Waals surface area contributed by atoms with Gasteiger partial charge in [-0.1, -0.05) is 0 Å². The number of hydrogen-bond donors (Lipinski definition) is 1. The van der Waals surface area contributed by atoms with Crippen LogP contribution in [0.25, 0.3) is 0 Å². The van der Waals surface area contributed by atoms with Crippen molar-refractivity contribution in [1.82, 2.24) is 14.9 Å². The number of amides is 1. The monoisotopic (exact) mass is 305 g/mol. The summed E-state index contributed by atoms with van der Waals surface area (Å²) in [6, 6.07) is 1.93. The smallest absolute Gasteiger partial charge is 0.250 e. The van der Waals surface area contributed by atoms with E-state index in [1.807, 2.05) is 12.3 Å². The van der Waals surface area contributed by atoms with Crippen LogP contribution in [-0.2, 0) is 16.1 Å². The Morgan fingerprint density at radius 3 is 2.91 bits per heavy atom. The van der Waals surface area contributed by atoms with Crippen molar-refractivity contribution in [3.8, 4) is 0 Å². The van der Waals surface area contributed by atoms with Gasteiger partial charge < -0.3 is 15.4 Å². The molecule has 1 atom stereocenters. The van der Waals surface area contributed by atoms with Crippen molar-refractivity contribution >= 4 is 11.9 Å². The van der Waals surface area contributed by atoms with Crippen molar-refractivity contribution in [2.24, 2.45) is 5.73 Å². The molecular weight excluding hydrogens is 282 g/mol. The highest BCUT2D eigenvalue weighted by molar-refractivity contribution is 5.83. The number of aromatic nitrogens is 2. The van der Waals surface area contributed by atoms with Crippen LogP contribution in [0.15, 0.2) is 12.3 Å². The third-order valence-corrected chi connectivity index (χ3v) is 4.35. The fourth-order valence-electron chi connectivity index (χ4n) is 3.01. The van der Waals surface area contributed by atoms with E-state index < -0.39 is 11.5 Å². The molecule has 0 unspecified atom stereocenters. The Morgan fingerprint density at radius 2 is 2.18 bits per heavy atom. The first kappa shape index (κ1) is 15.2. The summed E-state index contributed by atoms with van der Waals surface area (Å²) in [4.78, 5) is 24.9. The van der Waals surface area contributed by atoms with Gasteiger partial charge in [0, 0.05) is 38.9 Å². The number of rotatable bonds is 4. The van der Waals surface area contributed by atoms with E-state index in [-0.39, 0.29) is 0 Å². The van der Waals surface area contributed by atoms with Gasteiger partial charge in [0.1, 0.15) is 0 Å². The molecule has 1 aromatic rings. The highest BCUT2D eigenvalue weighted by Crippen LogP contribution is 2.20. The van der Waals surface area contributed by atoms with E-state index in [0.29, 0.717) is 19.7 Å². The number of carbonyl (C=O) groups excluding carboxylic acids is 1. The first-order valence-corrected chi connectivity index (χ1v) is 7.80. The predicted molar refractivity (Wildman–Crippen MR) is 82.3 cm³/mol. The van der Waals surface area contributed by atoms with E-state index in [9.17, 15) is 4.79 Å². The van der Waals surface area contributed by atoms with Gasteiger partial charge >= 0.3 is 0 Å². The van der Waals surface area contributed by atoms with Crippen LogP contribution in [0.1, 0.15) is 25.5 Å². The molecule has 7 nitrogen and oxygen atoms in total. The van der Waals surface area contributed by atoms with E-state index in [1.165, 1.54) is 12.8 Å². The third-order valence-electron chi connectivity index (χ3n) is 4.35. The van der Waals surface area contributed by atoms with Crippen LogP contribution < -0.4 is 10.6 Å². The van der Waals surface area contributed by atoms with Crippen molar-refractivity contribution < 1.29 is 9.53 Å². The molecule has 120 valence electrons. The summed E-state index contributed by atoms with van der Waals surface area (Å²) in [5.74, 6) is 0.388. The van der Waals surface area contributed by atoms with Crippen LogP contribution in [0.4, 0.5) is 5.95 Å². The Bertz CT molecular complexity index is 546. The second-order valence-electron chi connectivity index (χ2n) is 6.20. The zero-order valence-corrected chi connectivity index (χ0v) is 13.0. The molecule has 1 amide bonds. The highest BCUT2D eigenvalue weighted by Gasteiger charge is 2.37. The van der Waals surface area contributed by atoms with E-state index in [4.69, 9.17) is 10.5 Å². The van der Waals surface area contributed by atoms with Crippen molar-refractivity contribution in [3.63, 3.8) is 0 Å². The van der Waals surface area contributed by atoms with E-state index in [1.54, 1.807) is 6.92 Å². The minimum Gasteiger partial charge on any atom is -0.367 e. The SMILES string of the molecule is C[C@]1(C(N)=O)CN(Cc2ccnc(N3CCCC3)n2)CCO1. The Hall–Kier alpha value is -1.73. The van der Waals surface area contributed by atoms with Crippen LogP contribution in [-0.4, -0.2) is 59.2 Å². The molecular formula is C15H23N5O2. The molecule has 0 saturated carbocycles. The van der Waals surface area contributed by atoms with Gasteiger partial charge in [0.05, 0.1) is 12.3 Å². The van der Waals surface area contributed by atoms with Crippen molar-refractivity contribution in [2.45, 2.75) is 31.9 Å². The summed E-state index contributed by atoms with van der Waals surface area (Å²) in [7, 11) is 0. The van der Waals surface area contributed by atoms with E-state index >= 15 is 0 Å². The van der Waals surface area contributed by atoms with Crippen LogP contribution in [0.5, 0.6) is 0 Å². The van der Waals surface area contributed by atoms with E-state index in [0.717, 1.165) is 31.3 Å². The predicted octanol–water partition coefficient (Wildman–Crippen LogP) is 0.153. The molecule has 2 saturated heterocycles. The number of morpholine rings is 1. The van der Waals surface area contributed by atoms with Crippen LogP contribution in [0, 0.1) is 0 Å². The maximum absolute atomic E-state index is 11.5. The summed E-state index contributed by atoms with van der Waals surface area (Å²) in [5, 5.41) is 0. The molecule has 0 aliphatic carbocycles. The van der Waals surface area contributed by atoms with Crippen LogP contribution in [0.3, 0.4) is 0 Å².